The molecule has 0 fully saturated rings. The summed E-state index contributed by atoms with van der Waals surface area (Å²) in [5, 5.41) is 11.0. The predicted molar refractivity (Wildman–Crippen MR) is 96.7 cm³/mol. The Labute approximate surface area is 153 Å². The van der Waals surface area contributed by atoms with Crippen LogP contribution in [0.5, 0.6) is 0 Å². The molecule has 1 atom stereocenters. The topological polar surface area (TPSA) is 59.8 Å². The Bertz CT molecular complexity index is 887. The molecule has 0 radical (unpaired) electrons. The van der Waals surface area contributed by atoms with Crippen molar-refractivity contribution in [1.82, 2.24) is 14.8 Å². The van der Waals surface area contributed by atoms with Gasteiger partial charge < -0.3 is 5.32 Å². The number of rotatable bonds is 5. The summed E-state index contributed by atoms with van der Waals surface area (Å²) in [5.74, 6) is -0.720. The van der Waals surface area contributed by atoms with Crippen LogP contribution < -0.4 is 5.32 Å². The fourth-order valence-corrected chi connectivity index (χ4v) is 3.16. The average molecular weight is 377 g/mol. The van der Waals surface area contributed by atoms with Gasteiger partial charge in [0.25, 0.3) is 0 Å². The zero-order valence-corrected chi connectivity index (χ0v) is 14.8. The van der Waals surface area contributed by atoms with Crippen LogP contribution in [0.2, 0.25) is 5.02 Å². The molecule has 1 unspecified atom stereocenters. The number of hydrogen-bond acceptors (Lipinski definition) is 4. The highest BCUT2D eigenvalue weighted by Gasteiger charge is 2.19. The van der Waals surface area contributed by atoms with Crippen molar-refractivity contribution in [3.05, 3.63) is 65.7 Å². The van der Waals surface area contributed by atoms with Gasteiger partial charge in [0.1, 0.15) is 12.1 Å². The van der Waals surface area contributed by atoms with Crippen molar-refractivity contribution in [2.45, 2.75) is 17.3 Å². The number of carbonyl (C=O) groups is 1. The van der Waals surface area contributed by atoms with Crippen molar-refractivity contribution >= 4 is 35.0 Å². The first kappa shape index (κ1) is 17.4. The number of nitrogens with zero attached hydrogens (tertiary/aromatic N) is 3. The van der Waals surface area contributed by atoms with Gasteiger partial charge in [0, 0.05) is 5.69 Å². The molecule has 0 aliphatic heterocycles. The van der Waals surface area contributed by atoms with E-state index in [0.29, 0.717) is 10.8 Å². The Hall–Kier alpha value is -2.38. The number of halogens is 2. The van der Waals surface area contributed by atoms with Gasteiger partial charge in [-0.2, -0.15) is 0 Å². The zero-order valence-electron chi connectivity index (χ0n) is 13.2. The Morgan fingerprint density at radius 1 is 1.28 bits per heavy atom. The zero-order chi connectivity index (χ0) is 17.8. The first-order chi connectivity index (χ1) is 12.0. The van der Waals surface area contributed by atoms with Gasteiger partial charge >= 0.3 is 0 Å². The molecule has 0 spiro atoms. The van der Waals surface area contributed by atoms with Crippen molar-refractivity contribution in [3.63, 3.8) is 0 Å². The largest absolute Gasteiger partial charge is 0.324 e. The maximum Gasteiger partial charge on any atom is 0.237 e. The minimum Gasteiger partial charge on any atom is -0.324 e. The molecule has 0 aliphatic carbocycles. The molecule has 1 heterocycles. The number of thioether (sulfide) groups is 1. The summed E-state index contributed by atoms with van der Waals surface area (Å²) in [5.41, 5.74) is 1.27. The van der Waals surface area contributed by atoms with Crippen LogP contribution >= 0.6 is 23.4 Å². The van der Waals surface area contributed by atoms with E-state index < -0.39 is 11.1 Å². The fraction of sp³-hybridized carbons (Fsp3) is 0.118. The standard InChI is InChI=1S/C17H14ClFN4OS/c1-11(16(24)21-15-8-7-12(19)9-14(15)18)25-17-22-20-10-23(17)13-5-3-2-4-6-13/h2-11H,1H3,(H,21,24). The number of carbonyl (C=O) groups excluding carboxylic acids is 1. The van der Waals surface area contributed by atoms with Gasteiger partial charge in [0.05, 0.1) is 16.0 Å². The molecule has 1 N–H and O–H groups in total. The second-order valence-corrected chi connectivity index (χ2v) is 6.91. The lowest BCUT2D eigenvalue weighted by atomic mass is 10.3. The molecule has 128 valence electrons. The van der Waals surface area contributed by atoms with Crippen LogP contribution in [0.4, 0.5) is 10.1 Å². The summed E-state index contributed by atoms with van der Waals surface area (Å²) in [6.45, 7) is 1.75. The molecule has 0 bridgehead atoms. The van der Waals surface area contributed by atoms with Gasteiger partial charge in [-0.25, -0.2) is 4.39 Å². The number of hydrogen-bond donors (Lipinski definition) is 1. The number of anilines is 1. The highest BCUT2D eigenvalue weighted by atomic mass is 35.5. The maximum absolute atomic E-state index is 13.1. The van der Waals surface area contributed by atoms with Crippen molar-refractivity contribution in [2.24, 2.45) is 0 Å². The van der Waals surface area contributed by atoms with Gasteiger partial charge in [0.2, 0.25) is 5.91 Å². The molecule has 2 aromatic carbocycles. The van der Waals surface area contributed by atoms with E-state index in [1.165, 1.54) is 23.9 Å². The Morgan fingerprint density at radius 2 is 2.04 bits per heavy atom. The van der Waals surface area contributed by atoms with Gasteiger partial charge in [-0.05, 0) is 37.3 Å². The van der Waals surface area contributed by atoms with Gasteiger partial charge in [0.15, 0.2) is 5.16 Å². The van der Waals surface area contributed by atoms with Crippen LogP contribution in [0.25, 0.3) is 5.69 Å². The Morgan fingerprint density at radius 3 is 2.76 bits per heavy atom. The third-order valence-electron chi connectivity index (χ3n) is 3.39. The van der Waals surface area contributed by atoms with E-state index in [2.05, 4.69) is 15.5 Å². The van der Waals surface area contributed by atoms with Crippen LogP contribution in [-0.4, -0.2) is 25.9 Å². The fourth-order valence-electron chi connectivity index (χ4n) is 2.11. The van der Waals surface area contributed by atoms with E-state index in [1.54, 1.807) is 17.8 Å². The van der Waals surface area contributed by atoms with Crippen molar-refractivity contribution in [2.75, 3.05) is 5.32 Å². The lowest BCUT2D eigenvalue weighted by Gasteiger charge is -2.13. The molecular formula is C17H14ClFN4OS. The lowest BCUT2D eigenvalue weighted by molar-refractivity contribution is -0.115. The van der Waals surface area contributed by atoms with Crippen LogP contribution in [-0.2, 0) is 4.79 Å². The van der Waals surface area contributed by atoms with Gasteiger partial charge in [-0.1, -0.05) is 41.6 Å². The Balaban J connectivity index is 1.71. The summed E-state index contributed by atoms with van der Waals surface area (Å²) in [6.07, 6.45) is 1.60. The van der Waals surface area contributed by atoms with Crippen LogP contribution in [0, 0.1) is 5.82 Å². The summed E-state index contributed by atoms with van der Waals surface area (Å²) in [6, 6.07) is 13.4. The van der Waals surface area contributed by atoms with E-state index in [9.17, 15) is 9.18 Å². The molecule has 1 aromatic heterocycles. The second kappa shape index (κ2) is 7.67. The highest BCUT2D eigenvalue weighted by molar-refractivity contribution is 8.00. The minimum absolute atomic E-state index is 0.151. The monoisotopic (exact) mass is 376 g/mol. The molecule has 0 saturated heterocycles. The lowest BCUT2D eigenvalue weighted by Crippen LogP contribution is -2.23. The summed E-state index contributed by atoms with van der Waals surface area (Å²) in [7, 11) is 0. The molecule has 0 saturated carbocycles. The first-order valence-electron chi connectivity index (χ1n) is 7.42. The number of nitrogens with one attached hydrogen (secondary N) is 1. The van der Waals surface area contributed by atoms with Crippen molar-refractivity contribution in [1.29, 1.82) is 0 Å². The normalized spacial score (nSPS) is 12.0. The van der Waals surface area contributed by atoms with Crippen LogP contribution in [0.3, 0.4) is 0 Å². The van der Waals surface area contributed by atoms with E-state index >= 15 is 0 Å². The summed E-state index contributed by atoms with van der Waals surface area (Å²) < 4.78 is 14.9. The number of benzene rings is 2. The van der Waals surface area contributed by atoms with E-state index in [1.807, 2.05) is 30.3 Å². The third-order valence-corrected chi connectivity index (χ3v) is 4.76. The molecule has 0 aliphatic rings. The minimum atomic E-state index is -0.457. The third kappa shape index (κ3) is 4.18. The molecule has 1 amide bonds. The summed E-state index contributed by atoms with van der Waals surface area (Å²) >= 11 is 7.21. The number of aromatic nitrogens is 3. The Kier molecular flexibility index (Phi) is 5.35. The molecular weight excluding hydrogens is 363 g/mol. The average Bonchev–Trinajstić information content (AvgIpc) is 3.06. The maximum atomic E-state index is 13.1. The SMILES string of the molecule is CC(Sc1nncn1-c1ccccc1)C(=O)Nc1ccc(F)cc1Cl. The smallest absolute Gasteiger partial charge is 0.237 e. The van der Waals surface area contributed by atoms with Gasteiger partial charge in [-0.15, -0.1) is 10.2 Å². The number of amides is 1. The van der Waals surface area contributed by atoms with Crippen molar-refractivity contribution < 1.29 is 9.18 Å². The second-order valence-electron chi connectivity index (χ2n) is 5.19. The van der Waals surface area contributed by atoms with Crippen LogP contribution in [0.1, 0.15) is 6.92 Å². The highest BCUT2D eigenvalue weighted by Crippen LogP contribution is 2.27. The quantitative estimate of drug-likeness (QED) is 0.678. The number of para-hydroxylation sites is 1. The van der Waals surface area contributed by atoms with Gasteiger partial charge in [-0.3, -0.25) is 9.36 Å². The molecule has 5 nitrogen and oxygen atoms in total. The van der Waals surface area contributed by atoms with E-state index in [0.717, 1.165) is 11.8 Å². The van der Waals surface area contributed by atoms with E-state index in [-0.39, 0.29) is 10.9 Å². The molecule has 8 heteroatoms. The van der Waals surface area contributed by atoms with Crippen LogP contribution in [0.15, 0.2) is 60.0 Å². The first-order valence-corrected chi connectivity index (χ1v) is 8.68. The van der Waals surface area contributed by atoms with E-state index in [4.69, 9.17) is 11.6 Å². The van der Waals surface area contributed by atoms with Crippen molar-refractivity contribution in [3.8, 4) is 5.69 Å². The molecule has 25 heavy (non-hydrogen) atoms. The molecule has 3 aromatic rings. The predicted octanol–water partition coefficient (Wildman–Crippen LogP) is 4.18. The molecule has 3 rings (SSSR count). The summed E-state index contributed by atoms with van der Waals surface area (Å²) in [4.78, 5) is 12.4.